The zero-order valence-electron chi connectivity index (χ0n) is 23.3. The van der Waals surface area contributed by atoms with E-state index in [-0.39, 0.29) is 23.9 Å². The standard InChI is InChI=1S/C29H39Cl2N3O4S/c1-20(28(36)32-24-9-7-6-8-10-24)33(18-21-11-14-23(30)17-26(21)31)27(35)19-34(39(5,37)38)25-15-12-22(13-16-25)29(2,3)4/h11-17,20,24H,6-10,18-19H2,1-5H3,(H,32,36). The van der Waals surface area contributed by atoms with E-state index in [2.05, 4.69) is 26.1 Å². The lowest BCUT2D eigenvalue weighted by molar-refractivity contribution is -0.139. The first-order valence-electron chi connectivity index (χ1n) is 13.3. The summed E-state index contributed by atoms with van der Waals surface area (Å²) in [6.07, 6.45) is 6.14. The lowest BCUT2D eigenvalue weighted by Crippen LogP contribution is -2.53. The summed E-state index contributed by atoms with van der Waals surface area (Å²) in [7, 11) is -3.81. The molecule has 1 fully saturated rings. The van der Waals surface area contributed by atoms with Crippen LogP contribution in [0.4, 0.5) is 5.69 Å². The summed E-state index contributed by atoms with van der Waals surface area (Å²) in [5.74, 6) is -0.793. The van der Waals surface area contributed by atoms with Crippen molar-refractivity contribution in [3.63, 3.8) is 0 Å². The van der Waals surface area contributed by atoms with Crippen LogP contribution in [-0.2, 0) is 31.6 Å². The summed E-state index contributed by atoms with van der Waals surface area (Å²) in [6.45, 7) is 7.43. The topological polar surface area (TPSA) is 86.8 Å². The Kier molecular flexibility index (Phi) is 10.3. The molecule has 0 aliphatic heterocycles. The molecule has 39 heavy (non-hydrogen) atoms. The molecule has 2 aromatic carbocycles. The van der Waals surface area contributed by atoms with Crippen LogP contribution in [0.15, 0.2) is 42.5 Å². The fourth-order valence-corrected chi connectivity index (χ4v) is 6.04. The molecular formula is C29H39Cl2N3O4S. The highest BCUT2D eigenvalue weighted by Gasteiger charge is 2.31. The quantitative estimate of drug-likeness (QED) is 0.389. The molecule has 0 spiro atoms. The van der Waals surface area contributed by atoms with Crippen LogP contribution in [0.25, 0.3) is 0 Å². The third-order valence-corrected chi connectivity index (χ3v) is 8.90. The minimum atomic E-state index is -3.81. The summed E-state index contributed by atoms with van der Waals surface area (Å²) in [6, 6.07) is 11.3. The van der Waals surface area contributed by atoms with Crippen molar-refractivity contribution in [2.24, 2.45) is 0 Å². The molecule has 1 N–H and O–H groups in total. The third-order valence-electron chi connectivity index (χ3n) is 7.18. The molecule has 10 heteroatoms. The van der Waals surface area contributed by atoms with E-state index in [1.807, 2.05) is 12.1 Å². The van der Waals surface area contributed by atoms with Crippen molar-refractivity contribution in [2.45, 2.75) is 83.8 Å². The van der Waals surface area contributed by atoms with Gasteiger partial charge in [0.05, 0.1) is 11.9 Å². The SMILES string of the molecule is CC(C(=O)NC1CCCCC1)N(Cc1ccc(Cl)cc1Cl)C(=O)CN(c1ccc(C(C)(C)C)cc1)S(C)(=O)=O. The maximum atomic E-state index is 13.8. The summed E-state index contributed by atoms with van der Waals surface area (Å²) < 4.78 is 26.7. The van der Waals surface area contributed by atoms with E-state index in [1.54, 1.807) is 37.3 Å². The van der Waals surface area contributed by atoms with E-state index < -0.39 is 28.5 Å². The number of hydrogen-bond acceptors (Lipinski definition) is 4. The van der Waals surface area contributed by atoms with Gasteiger partial charge in [0, 0.05) is 22.6 Å². The number of nitrogens with one attached hydrogen (secondary N) is 1. The molecule has 1 unspecified atom stereocenters. The summed E-state index contributed by atoms with van der Waals surface area (Å²) in [5, 5.41) is 3.89. The normalized spacial score (nSPS) is 15.5. The number of benzene rings is 2. The Bertz CT molecular complexity index is 1270. The number of anilines is 1. The summed E-state index contributed by atoms with van der Waals surface area (Å²) >= 11 is 12.5. The highest BCUT2D eigenvalue weighted by molar-refractivity contribution is 7.92. The number of carbonyl (C=O) groups excluding carboxylic acids is 2. The van der Waals surface area contributed by atoms with Crippen molar-refractivity contribution in [1.82, 2.24) is 10.2 Å². The molecular weight excluding hydrogens is 557 g/mol. The van der Waals surface area contributed by atoms with Gasteiger partial charge in [-0.25, -0.2) is 8.42 Å². The zero-order chi connectivity index (χ0) is 29.0. The van der Waals surface area contributed by atoms with Crippen LogP contribution >= 0.6 is 23.2 Å². The Balaban J connectivity index is 1.90. The number of amides is 2. The second kappa shape index (κ2) is 12.9. The van der Waals surface area contributed by atoms with Crippen molar-refractivity contribution in [3.8, 4) is 0 Å². The molecule has 1 atom stereocenters. The smallest absolute Gasteiger partial charge is 0.244 e. The predicted molar refractivity (Wildman–Crippen MR) is 159 cm³/mol. The molecule has 7 nitrogen and oxygen atoms in total. The molecule has 0 saturated heterocycles. The van der Waals surface area contributed by atoms with Gasteiger partial charge in [-0.1, -0.05) is 81.4 Å². The highest BCUT2D eigenvalue weighted by Crippen LogP contribution is 2.27. The van der Waals surface area contributed by atoms with Crippen LogP contribution in [0.2, 0.25) is 10.0 Å². The molecule has 0 bridgehead atoms. The van der Waals surface area contributed by atoms with Gasteiger partial charge in [0.1, 0.15) is 12.6 Å². The molecule has 214 valence electrons. The average molecular weight is 597 g/mol. The molecule has 0 heterocycles. The zero-order valence-corrected chi connectivity index (χ0v) is 25.7. The van der Waals surface area contributed by atoms with Gasteiger partial charge in [0.25, 0.3) is 0 Å². The minimum Gasteiger partial charge on any atom is -0.352 e. The monoisotopic (exact) mass is 595 g/mol. The molecule has 0 radical (unpaired) electrons. The summed E-state index contributed by atoms with van der Waals surface area (Å²) in [5.41, 5.74) is 1.91. The molecule has 2 aromatic rings. The average Bonchev–Trinajstić information content (AvgIpc) is 2.86. The van der Waals surface area contributed by atoms with Crippen molar-refractivity contribution in [3.05, 3.63) is 63.6 Å². The van der Waals surface area contributed by atoms with Gasteiger partial charge < -0.3 is 10.2 Å². The Morgan fingerprint density at radius 3 is 2.18 bits per heavy atom. The minimum absolute atomic E-state index is 0.0225. The van der Waals surface area contributed by atoms with Gasteiger partial charge in [-0.3, -0.25) is 13.9 Å². The van der Waals surface area contributed by atoms with Crippen molar-refractivity contribution in [2.75, 3.05) is 17.1 Å². The van der Waals surface area contributed by atoms with E-state index in [0.29, 0.717) is 21.3 Å². The Morgan fingerprint density at radius 1 is 1.03 bits per heavy atom. The molecule has 0 aromatic heterocycles. The number of halogens is 2. The third kappa shape index (κ3) is 8.60. The second-order valence-corrected chi connectivity index (χ2v) is 14.1. The van der Waals surface area contributed by atoms with Gasteiger partial charge in [-0.2, -0.15) is 0 Å². The van der Waals surface area contributed by atoms with Crippen LogP contribution in [0.5, 0.6) is 0 Å². The Labute approximate surface area is 242 Å². The Morgan fingerprint density at radius 2 is 1.64 bits per heavy atom. The lowest BCUT2D eigenvalue weighted by Gasteiger charge is -2.33. The van der Waals surface area contributed by atoms with E-state index in [0.717, 1.165) is 48.2 Å². The maximum absolute atomic E-state index is 13.8. The van der Waals surface area contributed by atoms with Gasteiger partial charge in [0.2, 0.25) is 21.8 Å². The first-order chi connectivity index (χ1) is 18.2. The second-order valence-electron chi connectivity index (χ2n) is 11.3. The van der Waals surface area contributed by atoms with Crippen LogP contribution in [0.3, 0.4) is 0 Å². The first kappa shape index (κ1) is 31.2. The van der Waals surface area contributed by atoms with Crippen LogP contribution in [-0.4, -0.2) is 50.0 Å². The maximum Gasteiger partial charge on any atom is 0.244 e. The number of hydrogen-bond donors (Lipinski definition) is 1. The molecule has 1 saturated carbocycles. The van der Waals surface area contributed by atoms with Crippen molar-refractivity contribution in [1.29, 1.82) is 0 Å². The number of carbonyl (C=O) groups is 2. The van der Waals surface area contributed by atoms with Crippen LogP contribution in [0.1, 0.15) is 70.9 Å². The van der Waals surface area contributed by atoms with Crippen LogP contribution in [0, 0.1) is 0 Å². The molecule has 3 rings (SSSR count). The largest absolute Gasteiger partial charge is 0.352 e. The fourth-order valence-electron chi connectivity index (χ4n) is 4.73. The highest BCUT2D eigenvalue weighted by atomic mass is 35.5. The predicted octanol–water partition coefficient (Wildman–Crippen LogP) is 5.92. The van der Waals surface area contributed by atoms with E-state index >= 15 is 0 Å². The van der Waals surface area contributed by atoms with E-state index in [1.165, 1.54) is 4.90 Å². The fraction of sp³-hybridized carbons (Fsp3) is 0.517. The van der Waals surface area contributed by atoms with Crippen molar-refractivity contribution >= 4 is 50.7 Å². The Hall–Kier alpha value is -2.29. The molecule has 1 aliphatic carbocycles. The van der Waals surface area contributed by atoms with Crippen molar-refractivity contribution < 1.29 is 18.0 Å². The van der Waals surface area contributed by atoms with Gasteiger partial charge in [-0.15, -0.1) is 0 Å². The number of nitrogens with zero attached hydrogens (tertiary/aromatic N) is 2. The molecule has 2 amide bonds. The van der Waals surface area contributed by atoms with E-state index in [9.17, 15) is 18.0 Å². The van der Waals surface area contributed by atoms with Gasteiger partial charge in [-0.05, 0) is 60.6 Å². The van der Waals surface area contributed by atoms with E-state index in [4.69, 9.17) is 23.2 Å². The van der Waals surface area contributed by atoms with Gasteiger partial charge in [0.15, 0.2) is 0 Å². The first-order valence-corrected chi connectivity index (χ1v) is 15.9. The van der Waals surface area contributed by atoms with Crippen LogP contribution < -0.4 is 9.62 Å². The number of rotatable bonds is 9. The number of sulfonamides is 1. The summed E-state index contributed by atoms with van der Waals surface area (Å²) in [4.78, 5) is 28.5. The molecule has 1 aliphatic rings. The van der Waals surface area contributed by atoms with Gasteiger partial charge >= 0.3 is 0 Å². The lowest BCUT2D eigenvalue weighted by atomic mass is 9.87.